The second kappa shape index (κ2) is 6.51. The van der Waals surface area contributed by atoms with Gasteiger partial charge in [0, 0.05) is 5.41 Å². The summed E-state index contributed by atoms with van der Waals surface area (Å²) >= 11 is 0. The van der Waals surface area contributed by atoms with Crippen molar-refractivity contribution in [1.29, 1.82) is 0 Å². The van der Waals surface area contributed by atoms with Crippen LogP contribution in [-0.2, 0) is 5.41 Å². The molecule has 0 aliphatic heterocycles. The van der Waals surface area contributed by atoms with Crippen LogP contribution in [0.4, 0.5) is 0 Å². The molecule has 3 aromatic carbocycles. The molecular weight excluding hydrogens is 324 g/mol. The van der Waals surface area contributed by atoms with Gasteiger partial charge in [-0.25, -0.2) is 0 Å². The molecule has 0 atom stereocenters. The lowest BCUT2D eigenvalue weighted by Crippen LogP contribution is -2.34. The van der Waals surface area contributed by atoms with Gasteiger partial charge in [0.2, 0.25) is 0 Å². The Labute approximate surface area is 164 Å². The van der Waals surface area contributed by atoms with E-state index < -0.39 is 0 Å². The van der Waals surface area contributed by atoms with Gasteiger partial charge in [0.15, 0.2) is 0 Å². The molecule has 27 heavy (non-hydrogen) atoms. The first kappa shape index (κ1) is 18.3. The van der Waals surface area contributed by atoms with Gasteiger partial charge in [-0.15, -0.1) is 0 Å². The normalized spacial score (nSPS) is 14.8. The monoisotopic (exact) mass is 356 g/mol. The van der Waals surface area contributed by atoms with Gasteiger partial charge in [-0.05, 0) is 71.6 Å². The van der Waals surface area contributed by atoms with Gasteiger partial charge in [0.25, 0.3) is 0 Å². The molecule has 0 radical (unpaired) electrons. The van der Waals surface area contributed by atoms with E-state index in [1.54, 1.807) is 11.1 Å². The molecule has 0 nitrogen and oxygen atoms in total. The highest BCUT2D eigenvalue weighted by Gasteiger charge is 2.42. The van der Waals surface area contributed by atoms with Crippen molar-refractivity contribution in [2.24, 2.45) is 11.8 Å². The third-order valence-corrected chi connectivity index (χ3v) is 6.13. The summed E-state index contributed by atoms with van der Waals surface area (Å²) in [6, 6.07) is 18.8. The molecule has 0 heterocycles. The van der Waals surface area contributed by atoms with Gasteiger partial charge >= 0.3 is 0 Å². The Balaban J connectivity index is 2.19. The molecule has 0 fully saturated rings. The molecule has 0 heteroatoms. The SMILES string of the molecule is Cc1ccc2c(c1)C(CC(C)C)(CC(C)C)c1cc(C)cc3cccc-2c13. The van der Waals surface area contributed by atoms with Gasteiger partial charge in [-0.2, -0.15) is 0 Å². The number of hydrogen-bond acceptors (Lipinski definition) is 0. The van der Waals surface area contributed by atoms with Crippen molar-refractivity contribution in [3.05, 3.63) is 70.8 Å². The molecule has 0 aromatic heterocycles. The number of benzene rings is 3. The van der Waals surface area contributed by atoms with Gasteiger partial charge in [-0.1, -0.05) is 87.4 Å². The summed E-state index contributed by atoms with van der Waals surface area (Å²) < 4.78 is 0. The zero-order chi connectivity index (χ0) is 19.3. The molecule has 4 rings (SSSR count). The van der Waals surface area contributed by atoms with Gasteiger partial charge < -0.3 is 0 Å². The van der Waals surface area contributed by atoms with Crippen LogP contribution in [0.1, 0.15) is 62.8 Å². The minimum Gasteiger partial charge on any atom is -0.0627 e. The Kier molecular flexibility index (Phi) is 4.41. The lowest BCUT2D eigenvalue weighted by atomic mass is 9.59. The highest BCUT2D eigenvalue weighted by Crippen LogP contribution is 2.54. The van der Waals surface area contributed by atoms with E-state index in [-0.39, 0.29) is 5.41 Å². The largest absolute Gasteiger partial charge is 0.0627 e. The van der Waals surface area contributed by atoms with Crippen LogP contribution in [0.2, 0.25) is 0 Å². The first-order valence-electron chi connectivity index (χ1n) is 10.5. The van der Waals surface area contributed by atoms with E-state index in [4.69, 9.17) is 0 Å². The molecule has 3 aromatic rings. The van der Waals surface area contributed by atoms with E-state index in [0.29, 0.717) is 11.8 Å². The fourth-order valence-electron chi connectivity index (χ4n) is 5.53. The van der Waals surface area contributed by atoms with Crippen LogP contribution in [0.3, 0.4) is 0 Å². The maximum absolute atomic E-state index is 2.49. The molecular formula is C27H32. The summed E-state index contributed by atoms with van der Waals surface area (Å²) in [5.74, 6) is 1.30. The topological polar surface area (TPSA) is 0 Å². The Morgan fingerprint density at radius 2 is 1.37 bits per heavy atom. The number of rotatable bonds is 4. The highest BCUT2D eigenvalue weighted by molar-refractivity contribution is 6.03. The number of aryl methyl sites for hydroxylation is 2. The van der Waals surface area contributed by atoms with Crippen LogP contribution in [-0.4, -0.2) is 0 Å². The van der Waals surface area contributed by atoms with Crippen molar-refractivity contribution in [1.82, 2.24) is 0 Å². The fourth-order valence-corrected chi connectivity index (χ4v) is 5.53. The minimum absolute atomic E-state index is 0.0995. The third kappa shape index (κ3) is 2.90. The van der Waals surface area contributed by atoms with Gasteiger partial charge in [0.1, 0.15) is 0 Å². The summed E-state index contributed by atoms with van der Waals surface area (Å²) in [5, 5.41) is 2.88. The van der Waals surface area contributed by atoms with Crippen LogP contribution < -0.4 is 0 Å². The van der Waals surface area contributed by atoms with Crippen molar-refractivity contribution in [3.8, 4) is 11.1 Å². The molecule has 1 aliphatic carbocycles. The maximum Gasteiger partial charge on any atom is 0.0220 e. The van der Waals surface area contributed by atoms with Gasteiger partial charge in [-0.3, -0.25) is 0 Å². The fraction of sp³-hybridized carbons (Fsp3) is 0.407. The zero-order valence-corrected chi connectivity index (χ0v) is 17.7. The van der Waals surface area contributed by atoms with E-state index in [1.165, 1.54) is 45.9 Å². The van der Waals surface area contributed by atoms with Gasteiger partial charge in [0.05, 0.1) is 0 Å². The second-order valence-corrected chi connectivity index (χ2v) is 9.54. The average molecular weight is 357 g/mol. The quantitative estimate of drug-likeness (QED) is 0.447. The van der Waals surface area contributed by atoms with E-state index in [0.717, 1.165) is 0 Å². The second-order valence-electron chi connectivity index (χ2n) is 9.54. The van der Waals surface area contributed by atoms with E-state index in [2.05, 4.69) is 90.1 Å². The van der Waals surface area contributed by atoms with Crippen molar-refractivity contribution in [3.63, 3.8) is 0 Å². The summed E-state index contributed by atoms with van der Waals surface area (Å²) in [7, 11) is 0. The molecule has 140 valence electrons. The lowest BCUT2D eigenvalue weighted by Gasteiger charge is -2.44. The van der Waals surface area contributed by atoms with Crippen molar-refractivity contribution < 1.29 is 0 Å². The van der Waals surface area contributed by atoms with Crippen LogP contribution in [0.5, 0.6) is 0 Å². The smallest absolute Gasteiger partial charge is 0.0220 e. The molecule has 0 bridgehead atoms. The summed E-state index contributed by atoms with van der Waals surface area (Å²) in [6.45, 7) is 14.0. The maximum atomic E-state index is 2.49. The lowest BCUT2D eigenvalue weighted by molar-refractivity contribution is 0.332. The van der Waals surface area contributed by atoms with Crippen molar-refractivity contribution >= 4 is 10.8 Å². The van der Waals surface area contributed by atoms with E-state index >= 15 is 0 Å². The van der Waals surface area contributed by atoms with E-state index in [1.807, 2.05) is 0 Å². The predicted octanol–water partition coefficient (Wildman–Crippen LogP) is 7.82. The highest BCUT2D eigenvalue weighted by atomic mass is 14.4. The predicted molar refractivity (Wildman–Crippen MR) is 119 cm³/mol. The van der Waals surface area contributed by atoms with Crippen LogP contribution >= 0.6 is 0 Å². The summed E-state index contributed by atoms with van der Waals surface area (Å²) in [6.07, 6.45) is 2.41. The molecule has 0 saturated carbocycles. The Morgan fingerprint density at radius 3 is 2.04 bits per heavy atom. The number of hydrogen-bond donors (Lipinski definition) is 0. The summed E-state index contributed by atoms with van der Waals surface area (Å²) in [4.78, 5) is 0. The van der Waals surface area contributed by atoms with Crippen molar-refractivity contribution in [2.45, 2.75) is 59.8 Å². The average Bonchev–Trinajstić information content (AvgIpc) is 2.58. The Morgan fingerprint density at radius 1 is 0.704 bits per heavy atom. The molecule has 0 unspecified atom stereocenters. The minimum atomic E-state index is 0.0995. The molecule has 0 spiro atoms. The Bertz CT molecular complexity index is 994. The summed E-state index contributed by atoms with van der Waals surface area (Å²) in [5.41, 5.74) is 8.83. The van der Waals surface area contributed by atoms with E-state index in [9.17, 15) is 0 Å². The molecule has 0 amide bonds. The van der Waals surface area contributed by atoms with Crippen LogP contribution in [0.25, 0.3) is 21.9 Å². The van der Waals surface area contributed by atoms with Crippen LogP contribution in [0, 0.1) is 25.7 Å². The standard InChI is InChI=1S/C27H32/c1-17(2)15-27(16-18(3)4)24-13-19(5)10-11-22(24)23-9-7-8-21-12-20(6)14-25(27)26(21)23/h7-14,17-18H,15-16H2,1-6H3. The van der Waals surface area contributed by atoms with Crippen LogP contribution in [0.15, 0.2) is 48.5 Å². The molecule has 1 aliphatic rings. The Hall–Kier alpha value is -2.08. The molecule has 0 saturated heterocycles. The molecule has 0 N–H and O–H groups in total. The number of fused-ring (bicyclic) bond motifs is 2. The first-order valence-corrected chi connectivity index (χ1v) is 10.5. The first-order chi connectivity index (χ1) is 12.8. The zero-order valence-electron chi connectivity index (χ0n) is 17.7. The van der Waals surface area contributed by atoms with Crippen molar-refractivity contribution in [2.75, 3.05) is 0 Å². The third-order valence-electron chi connectivity index (χ3n) is 6.13.